The Morgan fingerprint density at radius 3 is 2.87 bits per heavy atom. The molecule has 1 aliphatic rings. The Bertz CT molecular complexity index is 199. The molecule has 1 aliphatic carbocycles. The lowest BCUT2D eigenvalue weighted by Gasteiger charge is -2.30. The summed E-state index contributed by atoms with van der Waals surface area (Å²) in [6.45, 7) is 0.252. The maximum Gasteiger partial charge on any atom is 0.315 e. The van der Waals surface area contributed by atoms with Crippen molar-refractivity contribution in [3.8, 4) is 0 Å². The van der Waals surface area contributed by atoms with Crippen molar-refractivity contribution in [1.29, 1.82) is 0 Å². The highest BCUT2D eigenvalue weighted by molar-refractivity contribution is 5.74. The summed E-state index contributed by atoms with van der Waals surface area (Å²) in [6, 6.07) is -0.125. The van der Waals surface area contributed by atoms with Crippen LogP contribution in [-0.4, -0.2) is 43.5 Å². The standard InChI is InChI=1S/C10H20N2O3/c1-15-9-5-3-2-4-8(9)12-10(14)11-6-7-13/h8-9,13H,2-7H2,1H3,(H2,11,12,14). The number of amides is 2. The van der Waals surface area contributed by atoms with Gasteiger partial charge in [0.15, 0.2) is 0 Å². The van der Waals surface area contributed by atoms with Gasteiger partial charge in [-0.15, -0.1) is 0 Å². The minimum absolute atomic E-state index is 0.0359. The summed E-state index contributed by atoms with van der Waals surface area (Å²) in [5, 5.41) is 14.0. The van der Waals surface area contributed by atoms with Crippen LogP contribution in [0.15, 0.2) is 0 Å². The van der Waals surface area contributed by atoms with E-state index in [1.54, 1.807) is 7.11 Å². The van der Waals surface area contributed by atoms with Crippen molar-refractivity contribution in [1.82, 2.24) is 10.6 Å². The molecule has 0 aliphatic heterocycles. The summed E-state index contributed by atoms with van der Waals surface area (Å²) < 4.78 is 5.32. The smallest absolute Gasteiger partial charge is 0.315 e. The number of ether oxygens (including phenoxy) is 1. The van der Waals surface area contributed by atoms with Gasteiger partial charge in [0.1, 0.15) is 0 Å². The van der Waals surface area contributed by atoms with E-state index in [0.717, 1.165) is 25.7 Å². The molecule has 0 aromatic rings. The van der Waals surface area contributed by atoms with E-state index >= 15 is 0 Å². The van der Waals surface area contributed by atoms with E-state index in [9.17, 15) is 4.79 Å². The van der Waals surface area contributed by atoms with Crippen molar-refractivity contribution in [2.75, 3.05) is 20.3 Å². The molecule has 2 unspecified atom stereocenters. The van der Waals surface area contributed by atoms with E-state index in [0.29, 0.717) is 0 Å². The topological polar surface area (TPSA) is 70.6 Å². The number of carbonyl (C=O) groups is 1. The Morgan fingerprint density at radius 2 is 2.20 bits per heavy atom. The second-order valence-electron chi connectivity index (χ2n) is 3.79. The lowest BCUT2D eigenvalue weighted by atomic mass is 9.92. The van der Waals surface area contributed by atoms with Gasteiger partial charge in [-0.05, 0) is 12.8 Å². The van der Waals surface area contributed by atoms with Crippen LogP contribution in [-0.2, 0) is 4.74 Å². The van der Waals surface area contributed by atoms with E-state index in [4.69, 9.17) is 9.84 Å². The first-order valence-corrected chi connectivity index (χ1v) is 5.46. The molecule has 0 spiro atoms. The van der Waals surface area contributed by atoms with Crippen molar-refractivity contribution in [3.05, 3.63) is 0 Å². The molecule has 0 saturated heterocycles. The quantitative estimate of drug-likeness (QED) is 0.630. The van der Waals surface area contributed by atoms with Crippen LogP contribution >= 0.6 is 0 Å². The maximum atomic E-state index is 11.3. The molecule has 2 amide bonds. The van der Waals surface area contributed by atoms with Gasteiger partial charge in [-0.25, -0.2) is 4.79 Å². The van der Waals surface area contributed by atoms with Gasteiger partial charge >= 0.3 is 6.03 Å². The second-order valence-corrected chi connectivity index (χ2v) is 3.79. The molecular formula is C10H20N2O3. The Morgan fingerprint density at radius 1 is 1.47 bits per heavy atom. The molecule has 3 N–H and O–H groups in total. The Balaban J connectivity index is 2.30. The number of urea groups is 1. The van der Waals surface area contributed by atoms with Gasteiger partial charge < -0.3 is 20.5 Å². The molecule has 0 radical (unpaired) electrons. The molecule has 1 saturated carbocycles. The first kappa shape index (κ1) is 12.3. The van der Waals surface area contributed by atoms with Crippen LogP contribution < -0.4 is 10.6 Å². The highest BCUT2D eigenvalue weighted by Gasteiger charge is 2.25. The van der Waals surface area contributed by atoms with E-state index in [-0.39, 0.29) is 31.3 Å². The number of hydrogen-bond donors (Lipinski definition) is 3. The lowest BCUT2D eigenvalue weighted by Crippen LogP contribution is -2.49. The Kier molecular flexibility index (Phi) is 5.42. The molecular weight excluding hydrogens is 196 g/mol. The molecule has 1 fully saturated rings. The van der Waals surface area contributed by atoms with Gasteiger partial charge in [0.2, 0.25) is 0 Å². The number of rotatable bonds is 4. The summed E-state index contributed by atoms with van der Waals surface area (Å²) in [5.41, 5.74) is 0. The molecule has 5 nitrogen and oxygen atoms in total. The third-order valence-corrected chi connectivity index (χ3v) is 2.72. The molecule has 5 heteroatoms. The molecule has 2 atom stereocenters. The Labute approximate surface area is 90.2 Å². The zero-order chi connectivity index (χ0) is 11.1. The highest BCUT2D eigenvalue weighted by Crippen LogP contribution is 2.20. The van der Waals surface area contributed by atoms with E-state index in [1.165, 1.54) is 0 Å². The van der Waals surface area contributed by atoms with Crippen LogP contribution in [0.2, 0.25) is 0 Å². The number of aliphatic hydroxyl groups excluding tert-OH is 1. The largest absolute Gasteiger partial charge is 0.395 e. The first-order chi connectivity index (χ1) is 7.27. The number of methoxy groups -OCH3 is 1. The summed E-state index contributed by atoms with van der Waals surface area (Å²) in [5.74, 6) is 0. The summed E-state index contributed by atoms with van der Waals surface area (Å²) >= 11 is 0. The number of nitrogens with one attached hydrogen (secondary N) is 2. The van der Waals surface area contributed by atoms with Gasteiger partial charge in [0.25, 0.3) is 0 Å². The van der Waals surface area contributed by atoms with E-state index in [2.05, 4.69) is 10.6 Å². The monoisotopic (exact) mass is 216 g/mol. The molecule has 0 bridgehead atoms. The second kappa shape index (κ2) is 6.63. The molecule has 88 valence electrons. The van der Waals surface area contributed by atoms with Crippen molar-refractivity contribution in [2.45, 2.75) is 37.8 Å². The molecule has 1 rings (SSSR count). The summed E-state index contributed by atoms with van der Waals surface area (Å²) in [6.07, 6.45) is 4.38. The fourth-order valence-electron chi connectivity index (χ4n) is 1.93. The van der Waals surface area contributed by atoms with Crippen LogP contribution in [0, 0.1) is 0 Å². The SMILES string of the molecule is COC1CCCCC1NC(=O)NCCO. The zero-order valence-corrected chi connectivity index (χ0v) is 9.16. The average molecular weight is 216 g/mol. The number of hydrogen-bond acceptors (Lipinski definition) is 3. The van der Waals surface area contributed by atoms with Gasteiger partial charge in [-0.3, -0.25) is 0 Å². The lowest BCUT2D eigenvalue weighted by molar-refractivity contribution is 0.0451. The fourth-order valence-corrected chi connectivity index (χ4v) is 1.93. The van der Waals surface area contributed by atoms with Crippen LogP contribution in [0.4, 0.5) is 4.79 Å². The third-order valence-electron chi connectivity index (χ3n) is 2.72. The van der Waals surface area contributed by atoms with Crippen LogP contribution in [0.25, 0.3) is 0 Å². The fraction of sp³-hybridized carbons (Fsp3) is 0.900. The van der Waals surface area contributed by atoms with Crippen LogP contribution in [0.3, 0.4) is 0 Å². The number of carbonyl (C=O) groups excluding carboxylic acids is 1. The first-order valence-electron chi connectivity index (χ1n) is 5.46. The van der Waals surface area contributed by atoms with Crippen LogP contribution in [0.5, 0.6) is 0 Å². The molecule has 0 heterocycles. The van der Waals surface area contributed by atoms with Gasteiger partial charge in [0, 0.05) is 13.7 Å². The minimum atomic E-state index is -0.224. The normalized spacial score (nSPS) is 26.0. The van der Waals surface area contributed by atoms with Gasteiger partial charge in [0.05, 0.1) is 18.8 Å². The van der Waals surface area contributed by atoms with E-state index < -0.39 is 0 Å². The van der Waals surface area contributed by atoms with E-state index in [1.807, 2.05) is 0 Å². The molecule has 0 aromatic carbocycles. The maximum absolute atomic E-state index is 11.3. The van der Waals surface area contributed by atoms with Crippen molar-refractivity contribution < 1.29 is 14.6 Å². The predicted octanol–water partition coefficient (Wildman–Crippen LogP) is 0.235. The highest BCUT2D eigenvalue weighted by atomic mass is 16.5. The predicted molar refractivity (Wildman–Crippen MR) is 56.7 cm³/mol. The van der Waals surface area contributed by atoms with Crippen molar-refractivity contribution in [2.24, 2.45) is 0 Å². The third kappa shape index (κ3) is 4.05. The Hall–Kier alpha value is -0.810. The van der Waals surface area contributed by atoms with Crippen molar-refractivity contribution >= 4 is 6.03 Å². The van der Waals surface area contributed by atoms with Crippen LogP contribution in [0.1, 0.15) is 25.7 Å². The zero-order valence-electron chi connectivity index (χ0n) is 9.16. The molecule has 0 aromatic heterocycles. The molecule has 15 heavy (non-hydrogen) atoms. The van der Waals surface area contributed by atoms with Gasteiger partial charge in [-0.1, -0.05) is 12.8 Å². The summed E-state index contributed by atoms with van der Waals surface area (Å²) in [4.78, 5) is 11.3. The number of aliphatic hydroxyl groups is 1. The van der Waals surface area contributed by atoms with Gasteiger partial charge in [-0.2, -0.15) is 0 Å². The summed E-state index contributed by atoms with van der Waals surface area (Å²) in [7, 11) is 1.68. The van der Waals surface area contributed by atoms with Crippen molar-refractivity contribution in [3.63, 3.8) is 0 Å². The minimum Gasteiger partial charge on any atom is -0.395 e. The average Bonchev–Trinajstić information content (AvgIpc) is 2.27.